The molecule has 3 heterocycles. The maximum Gasteiger partial charge on any atom is 0.267 e. The zero-order chi connectivity index (χ0) is 17.1. The Morgan fingerprint density at radius 3 is 2.60 bits per heavy atom. The van der Waals surface area contributed by atoms with Crippen molar-refractivity contribution in [2.75, 3.05) is 13.1 Å². The monoisotopic (exact) mass is 355 g/mol. The van der Waals surface area contributed by atoms with Crippen LogP contribution in [-0.2, 0) is 6.54 Å². The van der Waals surface area contributed by atoms with Gasteiger partial charge in [-0.1, -0.05) is 23.7 Å². The summed E-state index contributed by atoms with van der Waals surface area (Å²) in [5.74, 6) is 1.44. The summed E-state index contributed by atoms with van der Waals surface area (Å²) in [5.41, 5.74) is 1.90. The Bertz CT molecular complexity index is 813. The third-order valence-electron chi connectivity index (χ3n) is 4.48. The molecule has 1 aliphatic heterocycles. The summed E-state index contributed by atoms with van der Waals surface area (Å²) in [4.78, 5) is 10.7. The van der Waals surface area contributed by atoms with Gasteiger partial charge in [0.25, 0.3) is 5.89 Å². The molecule has 25 heavy (non-hydrogen) atoms. The van der Waals surface area contributed by atoms with Gasteiger partial charge in [0.2, 0.25) is 5.89 Å². The van der Waals surface area contributed by atoms with E-state index in [0.717, 1.165) is 37.5 Å². The van der Waals surface area contributed by atoms with E-state index < -0.39 is 0 Å². The first-order valence-corrected chi connectivity index (χ1v) is 8.72. The predicted molar refractivity (Wildman–Crippen MR) is 94.0 cm³/mol. The number of piperidine rings is 1. The Kier molecular flexibility index (Phi) is 4.72. The van der Waals surface area contributed by atoms with Crippen LogP contribution >= 0.6 is 11.6 Å². The molecule has 6 nitrogen and oxygen atoms in total. The average Bonchev–Trinajstić information content (AvgIpc) is 3.15. The normalized spacial score (nSPS) is 16.2. The van der Waals surface area contributed by atoms with Crippen LogP contribution in [0.1, 0.15) is 30.2 Å². The fourth-order valence-corrected chi connectivity index (χ4v) is 3.22. The summed E-state index contributed by atoms with van der Waals surface area (Å²) in [6.45, 7) is 2.96. The number of hydrogen-bond acceptors (Lipinski definition) is 6. The number of hydrogen-bond donors (Lipinski definition) is 0. The molecule has 1 aliphatic rings. The molecule has 0 amide bonds. The van der Waals surface area contributed by atoms with E-state index >= 15 is 0 Å². The highest BCUT2D eigenvalue weighted by Crippen LogP contribution is 2.29. The zero-order valence-electron chi connectivity index (χ0n) is 13.7. The number of aromatic nitrogens is 4. The molecule has 128 valence electrons. The maximum absolute atomic E-state index is 5.94. The van der Waals surface area contributed by atoms with Crippen molar-refractivity contribution in [1.82, 2.24) is 25.1 Å². The van der Waals surface area contributed by atoms with Crippen molar-refractivity contribution < 1.29 is 4.42 Å². The number of nitrogens with zero attached hydrogens (tertiary/aromatic N) is 5. The Labute approximate surface area is 150 Å². The van der Waals surface area contributed by atoms with Crippen molar-refractivity contribution >= 4 is 11.6 Å². The summed E-state index contributed by atoms with van der Waals surface area (Å²) in [5, 5.41) is 9.10. The van der Waals surface area contributed by atoms with Gasteiger partial charge in [-0.05, 0) is 43.6 Å². The van der Waals surface area contributed by atoms with Crippen molar-refractivity contribution in [1.29, 1.82) is 0 Å². The third-order valence-corrected chi connectivity index (χ3v) is 4.73. The molecule has 1 aromatic carbocycles. The van der Waals surface area contributed by atoms with Crippen LogP contribution < -0.4 is 0 Å². The van der Waals surface area contributed by atoms with Crippen molar-refractivity contribution in [3.63, 3.8) is 0 Å². The van der Waals surface area contributed by atoms with Crippen molar-refractivity contribution in [3.8, 4) is 11.6 Å². The minimum absolute atomic E-state index is 0.305. The molecule has 1 fully saturated rings. The fraction of sp³-hybridized carbons (Fsp3) is 0.333. The Morgan fingerprint density at radius 2 is 1.88 bits per heavy atom. The van der Waals surface area contributed by atoms with Crippen LogP contribution in [0.25, 0.3) is 11.6 Å². The predicted octanol–water partition coefficient (Wildman–Crippen LogP) is 3.56. The molecule has 0 aliphatic carbocycles. The van der Waals surface area contributed by atoms with Crippen molar-refractivity contribution in [2.24, 2.45) is 0 Å². The minimum Gasteiger partial charge on any atom is -0.419 e. The van der Waals surface area contributed by atoms with Gasteiger partial charge < -0.3 is 4.42 Å². The third kappa shape index (κ3) is 3.86. The van der Waals surface area contributed by atoms with E-state index in [1.165, 1.54) is 5.56 Å². The largest absolute Gasteiger partial charge is 0.419 e. The molecule has 2 aromatic heterocycles. The van der Waals surface area contributed by atoms with Gasteiger partial charge in [-0.3, -0.25) is 9.88 Å². The molecule has 0 bridgehead atoms. The van der Waals surface area contributed by atoms with E-state index in [1.54, 1.807) is 18.6 Å². The maximum atomic E-state index is 5.94. The van der Waals surface area contributed by atoms with Gasteiger partial charge in [-0.2, -0.15) is 0 Å². The Hall–Kier alpha value is -2.31. The second-order valence-electron chi connectivity index (χ2n) is 6.21. The van der Waals surface area contributed by atoms with E-state index in [0.29, 0.717) is 23.4 Å². The summed E-state index contributed by atoms with van der Waals surface area (Å²) >= 11 is 5.94. The van der Waals surface area contributed by atoms with Gasteiger partial charge in [-0.25, -0.2) is 4.98 Å². The van der Waals surface area contributed by atoms with Gasteiger partial charge in [0, 0.05) is 29.9 Å². The molecule has 0 radical (unpaired) electrons. The molecule has 4 rings (SSSR count). The molecule has 3 aromatic rings. The van der Waals surface area contributed by atoms with E-state index in [4.69, 9.17) is 16.0 Å². The van der Waals surface area contributed by atoms with E-state index in [-0.39, 0.29) is 0 Å². The first-order valence-electron chi connectivity index (χ1n) is 8.34. The average molecular weight is 356 g/mol. The Morgan fingerprint density at radius 1 is 1.08 bits per heavy atom. The van der Waals surface area contributed by atoms with Crippen LogP contribution in [0.15, 0.2) is 47.3 Å². The zero-order valence-corrected chi connectivity index (χ0v) is 14.4. The van der Waals surface area contributed by atoms with E-state index in [9.17, 15) is 0 Å². The lowest BCUT2D eigenvalue weighted by molar-refractivity contribution is 0.193. The smallest absolute Gasteiger partial charge is 0.267 e. The van der Waals surface area contributed by atoms with Gasteiger partial charge >= 0.3 is 0 Å². The van der Waals surface area contributed by atoms with Crippen LogP contribution in [-0.4, -0.2) is 38.2 Å². The van der Waals surface area contributed by atoms with Gasteiger partial charge in [0.15, 0.2) is 0 Å². The van der Waals surface area contributed by atoms with E-state index in [2.05, 4.69) is 37.2 Å². The van der Waals surface area contributed by atoms with Crippen LogP contribution in [0.3, 0.4) is 0 Å². The summed E-state index contributed by atoms with van der Waals surface area (Å²) < 4.78 is 5.82. The molecule has 0 atom stereocenters. The number of likely N-dealkylation sites (tertiary alicyclic amines) is 1. The highest BCUT2D eigenvalue weighted by molar-refractivity contribution is 6.30. The first-order chi connectivity index (χ1) is 12.3. The molecular weight excluding hydrogens is 338 g/mol. The van der Waals surface area contributed by atoms with Crippen molar-refractivity contribution in [3.05, 3.63) is 59.3 Å². The number of halogens is 1. The van der Waals surface area contributed by atoms with Crippen LogP contribution in [0, 0.1) is 0 Å². The Balaban J connectivity index is 1.36. The second-order valence-corrected chi connectivity index (χ2v) is 6.65. The molecule has 7 heteroatoms. The lowest BCUT2D eigenvalue weighted by Crippen LogP contribution is -2.32. The molecule has 0 unspecified atom stereocenters. The molecule has 0 saturated carbocycles. The summed E-state index contributed by atoms with van der Waals surface area (Å²) in [7, 11) is 0. The van der Waals surface area contributed by atoms with Crippen LogP contribution in [0.2, 0.25) is 5.02 Å². The molecule has 0 N–H and O–H groups in total. The first kappa shape index (κ1) is 16.2. The summed E-state index contributed by atoms with van der Waals surface area (Å²) in [6, 6.07) is 8.05. The standard InChI is InChI=1S/C18H18ClN5O/c19-15-3-1-13(2-4-15)12-24-9-5-14(6-10-24)17-22-23-18(25-17)16-11-20-7-8-21-16/h1-4,7-8,11,14H,5-6,9-10,12H2. The van der Waals surface area contributed by atoms with Gasteiger partial charge in [0.05, 0.1) is 6.20 Å². The summed E-state index contributed by atoms with van der Waals surface area (Å²) in [6.07, 6.45) is 6.89. The number of benzene rings is 1. The van der Waals surface area contributed by atoms with Crippen LogP contribution in [0.5, 0.6) is 0 Å². The molecule has 1 saturated heterocycles. The SMILES string of the molecule is Clc1ccc(CN2CCC(c3nnc(-c4cnccn4)o3)CC2)cc1. The van der Waals surface area contributed by atoms with Gasteiger partial charge in [-0.15, -0.1) is 10.2 Å². The van der Waals surface area contributed by atoms with Gasteiger partial charge in [0.1, 0.15) is 5.69 Å². The highest BCUT2D eigenvalue weighted by atomic mass is 35.5. The molecule has 0 spiro atoms. The molecular formula is C18H18ClN5O. The minimum atomic E-state index is 0.305. The quantitative estimate of drug-likeness (QED) is 0.712. The van der Waals surface area contributed by atoms with Crippen LogP contribution in [0.4, 0.5) is 0 Å². The lowest BCUT2D eigenvalue weighted by atomic mass is 9.96. The topological polar surface area (TPSA) is 67.9 Å². The fourth-order valence-electron chi connectivity index (χ4n) is 3.10. The second kappa shape index (κ2) is 7.29. The lowest BCUT2D eigenvalue weighted by Gasteiger charge is -2.30. The van der Waals surface area contributed by atoms with E-state index in [1.807, 2.05) is 12.1 Å². The highest BCUT2D eigenvalue weighted by Gasteiger charge is 2.25. The van der Waals surface area contributed by atoms with Crippen molar-refractivity contribution in [2.45, 2.75) is 25.3 Å². The number of rotatable bonds is 4.